The Morgan fingerprint density at radius 2 is 1.84 bits per heavy atom. The minimum Gasteiger partial charge on any atom is -0.480 e. The van der Waals surface area contributed by atoms with Gasteiger partial charge in [-0.05, 0) is 18.2 Å². The van der Waals surface area contributed by atoms with Gasteiger partial charge in [-0.3, -0.25) is 9.10 Å². The highest BCUT2D eigenvalue weighted by atomic mass is 35.5. The van der Waals surface area contributed by atoms with Gasteiger partial charge in [-0.25, -0.2) is 13.4 Å². The summed E-state index contributed by atoms with van der Waals surface area (Å²) in [5.74, 6) is -1.58. The van der Waals surface area contributed by atoms with Crippen LogP contribution in [0.3, 0.4) is 0 Å². The molecule has 0 bridgehead atoms. The molecule has 0 amide bonds. The molecule has 1 heterocycles. The first-order valence-corrected chi connectivity index (χ1v) is 8.37. The van der Waals surface area contributed by atoms with Crippen molar-refractivity contribution in [3.05, 3.63) is 53.3 Å². The maximum absolute atomic E-state index is 12.9. The van der Waals surface area contributed by atoms with E-state index in [1.807, 2.05) is 0 Å². The van der Waals surface area contributed by atoms with E-state index in [0.29, 0.717) is 12.3 Å². The number of hydrogen-bond acceptors (Lipinski definition) is 4. The van der Waals surface area contributed by atoms with E-state index < -0.39 is 45.1 Å². The fourth-order valence-electron chi connectivity index (χ4n) is 1.91. The number of hydrogen-bond donors (Lipinski definition) is 1. The molecule has 1 aromatic carbocycles. The molecule has 25 heavy (non-hydrogen) atoms. The second kappa shape index (κ2) is 6.89. The second-order valence-electron chi connectivity index (χ2n) is 4.75. The smallest absolute Gasteiger partial charge is 0.417 e. The third-order valence-electron chi connectivity index (χ3n) is 3.03. The molecule has 0 saturated heterocycles. The molecule has 134 valence electrons. The summed E-state index contributed by atoms with van der Waals surface area (Å²) in [6.07, 6.45) is -4.38. The Morgan fingerprint density at radius 1 is 1.24 bits per heavy atom. The fourth-order valence-corrected chi connectivity index (χ4v) is 3.60. The van der Waals surface area contributed by atoms with Crippen molar-refractivity contribution in [1.29, 1.82) is 0 Å². The van der Waals surface area contributed by atoms with E-state index in [1.54, 1.807) is 0 Å². The van der Waals surface area contributed by atoms with Crippen molar-refractivity contribution >= 4 is 33.3 Å². The third-order valence-corrected chi connectivity index (χ3v) is 5.09. The largest absolute Gasteiger partial charge is 0.480 e. The minimum atomic E-state index is -4.81. The molecular formula is C14H10ClF3N2O4S. The predicted octanol–water partition coefficient (Wildman–Crippen LogP) is 3.03. The number of carboxylic acid groups (broad SMARTS) is 1. The van der Waals surface area contributed by atoms with Crippen LogP contribution in [0.15, 0.2) is 47.5 Å². The number of carbonyl (C=O) groups is 1. The molecule has 0 aliphatic heterocycles. The van der Waals surface area contributed by atoms with Crippen LogP contribution in [0.4, 0.5) is 18.9 Å². The van der Waals surface area contributed by atoms with Crippen molar-refractivity contribution in [2.75, 3.05) is 10.8 Å². The van der Waals surface area contributed by atoms with Crippen molar-refractivity contribution in [3.8, 4) is 0 Å². The number of pyridine rings is 1. The van der Waals surface area contributed by atoms with Crippen LogP contribution in [0, 0.1) is 0 Å². The van der Waals surface area contributed by atoms with Crippen LogP contribution >= 0.6 is 11.6 Å². The first-order valence-electron chi connectivity index (χ1n) is 6.56. The summed E-state index contributed by atoms with van der Waals surface area (Å²) in [5.41, 5.74) is -1.94. The van der Waals surface area contributed by atoms with Gasteiger partial charge in [0.25, 0.3) is 10.0 Å². The van der Waals surface area contributed by atoms with Gasteiger partial charge < -0.3 is 5.11 Å². The van der Waals surface area contributed by atoms with Crippen LogP contribution in [0.2, 0.25) is 5.15 Å². The van der Waals surface area contributed by atoms with Crippen molar-refractivity contribution in [2.45, 2.75) is 11.1 Å². The molecule has 2 rings (SSSR count). The average Bonchev–Trinajstić information content (AvgIpc) is 2.53. The Balaban J connectivity index is 2.65. The molecule has 11 heteroatoms. The Bertz CT molecular complexity index is 889. The van der Waals surface area contributed by atoms with Gasteiger partial charge in [0, 0.05) is 6.20 Å². The lowest BCUT2D eigenvalue weighted by molar-refractivity contribution is -0.137. The summed E-state index contributed by atoms with van der Waals surface area (Å²) in [5, 5.41) is 8.41. The highest BCUT2D eigenvalue weighted by molar-refractivity contribution is 7.92. The van der Waals surface area contributed by atoms with Crippen LogP contribution in [-0.4, -0.2) is 31.0 Å². The highest BCUT2D eigenvalue weighted by Gasteiger charge is 2.35. The number of nitrogens with zero attached hydrogens (tertiary/aromatic N) is 2. The van der Waals surface area contributed by atoms with Gasteiger partial charge in [0.1, 0.15) is 6.54 Å². The summed E-state index contributed by atoms with van der Waals surface area (Å²) in [6, 6.07) is 7.10. The molecule has 6 nitrogen and oxygen atoms in total. The molecule has 0 fully saturated rings. The monoisotopic (exact) mass is 394 g/mol. The lowest BCUT2D eigenvalue weighted by Gasteiger charge is -2.24. The predicted molar refractivity (Wildman–Crippen MR) is 82.9 cm³/mol. The molecule has 0 spiro atoms. The first kappa shape index (κ1) is 19.0. The van der Waals surface area contributed by atoms with Crippen molar-refractivity contribution < 1.29 is 31.5 Å². The van der Waals surface area contributed by atoms with Crippen LogP contribution in [0.1, 0.15) is 5.56 Å². The molecular weight excluding hydrogens is 385 g/mol. The number of rotatable bonds is 5. The molecule has 0 atom stereocenters. The van der Waals surface area contributed by atoms with E-state index in [2.05, 4.69) is 4.98 Å². The normalized spacial score (nSPS) is 12.0. The van der Waals surface area contributed by atoms with Crippen LogP contribution < -0.4 is 4.31 Å². The lowest BCUT2D eigenvalue weighted by atomic mass is 10.2. The second-order valence-corrected chi connectivity index (χ2v) is 6.97. The van der Waals surface area contributed by atoms with E-state index in [1.165, 1.54) is 30.3 Å². The van der Waals surface area contributed by atoms with Gasteiger partial charge in [-0.2, -0.15) is 13.2 Å². The van der Waals surface area contributed by atoms with Crippen LogP contribution in [0.25, 0.3) is 0 Å². The zero-order valence-electron chi connectivity index (χ0n) is 12.2. The Morgan fingerprint density at radius 3 is 2.36 bits per heavy atom. The van der Waals surface area contributed by atoms with Crippen LogP contribution in [0.5, 0.6) is 0 Å². The maximum atomic E-state index is 12.9. The first-order chi connectivity index (χ1) is 11.5. The zero-order chi connectivity index (χ0) is 18.8. The Hall–Kier alpha value is -2.33. The highest BCUT2D eigenvalue weighted by Crippen LogP contribution is 2.35. The fraction of sp³-hybridized carbons (Fsp3) is 0.143. The van der Waals surface area contributed by atoms with E-state index in [-0.39, 0.29) is 9.20 Å². The standard InChI is InChI=1S/C14H10ClF3N2O4S/c15-13-11(6-9(7-19-13)14(16,17)18)20(8-12(21)22)25(23,24)10-4-2-1-3-5-10/h1-7H,8H2,(H,21,22). The number of aliphatic carboxylic acids is 1. The van der Waals surface area contributed by atoms with E-state index in [4.69, 9.17) is 16.7 Å². The van der Waals surface area contributed by atoms with E-state index in [0.717, 1.165) is 0 Å². The Labute approximate surface area is 145 Å². The van der Waals surface area contributed by atoms with Gasteiger partial charge >= 0.3 is 12.1 Å². The number of benzene rings is 1. The number of halogens is 4. The Kier molecular flexibility index (Phi) is 5.23. The molecule has 0 aliphatic rings. The summed E-state index contributed by atoms with van der Waals surface area (Å²) >= 11 is 5.74. The molecule has 0 aliphatic carbocycles. The van der Waals surface area contributed by atoms with Gasteiger partial charge in [0.2, 0.25) is 0 Å². The molecule has 1 aromatic heterocycles. The SMILES string of the molecule is O=C(O)CN(c1cc(C(F)(F)F)cnc1Cl)S(=O)(=O)c1ccccc1. The topological polar surface area (TPSA) is 87.6 Å². The van der Waals surface area contributed by atoms with Gasteiger partial charge in [-0.1, -0.05) is 29.8 Å². The number of alkyl halides is 3. The van der Waals surface area contributed by atoms with E-state index in [9.17, 15) is 26.4 Å². The number of sulfonamides is 1. The van der Waals surface area contributed by atoms with Gasteiger partial charge in [-0.15, -0.1) is 0 Å². The van der Waals surface area contributed by atoms with Crippen LogP contribution in [-0.2, 0) is 21.0 Å². The number of aromatic nitrogens is 1. The molecule has 0 radical (unpaired) electrons. The number of anilines is 1. The lowest BCUT2D eigenvalue weighted by Crippen LogP contribution is -2.36. The summed E-state index contributed by atoms with van der Waals surface area (Å²) in [7, 11) is -4.47. The molecule has 1 N–H and O–H groups in total. The molecule has 0 saturated carbocycles. The maximum Gasteiger partial charge on any atom is 0.417 e. The average molecular weight is 395 g/mol. The quantitative estimate of drug-likeness (QED) is 0.787. The van der Waals surface area contributed by atoms with Gasteiger partial charge in [0.15, 0.2) is 5.15 Å². The number of carboxylic acids is 1. The summed E-state index contributed by atoms with van der Waals surface area (Å²) in [6.45, 7) is -1.13. The molecule has 2 aromatic rings. The summed E-state index contributed by atoms with van der Waals surface area (Å²) in [4.78, 5) is 14.1. The van der Waals surface area contributed by atoms with Gasteiger partial charge in [0.05, 0.1) is 16.1 Å². The third kappa shape index (κ3) is 4.20. The van der Waals surface area contributed by atoms with Crippen molar-refractivity contribution in [3.63, 3.8) is 0 Å². The van der Waals surface area contributed by atoms with Crippen molar-refractivity contribution in [2.24, 2.45) is 0 Å². The van der Waals surface area contributed by atoms with Crippen molar-refractivity contribution in [1.82, 2.24) is 4.98 Å². The molecule has 0 unspecified atom stereocenters. The summed E-state index contributed by atoms with van der Waals surface area (Å²) < 4.78 is 64.3. The minimum absolute atomic E-state index is 0.273. The van der Waals surface area contributed by atoms with E-state index >= 15 is 0 Å². The zero-order valence-corrected chi connectivity index (χ0v) is 13.8.